The maximum atomic E-state index is 13.7. The molecule has 3 aliphatic rings. The first-order valence-electron chi connectivity index (χ1n) is 15.8. The molecule has 1 unspecified atom stereocenters. The number of nitrogens with zero attached hydrogens (tertiary/aromatic N) is 7. The molecule has 0 aliphatic carbocycles. The summed E-state index contributed by atoms with van der Waals surface area (Å²) in [6.07, 6.45) is -1.63. The Hall–Kier alpha value is -4.57. The summed E-state index contributed by atoms with van der Waals surface area (Å²) in [5.74, 6) is 0.607. The lowest BCUT2D eigenvalue weighted by Crippen LogP contribution is -2.55. The van der Waals surface area contributed by atoms with Gasteiger partial charge in [0.15, 0.2) is 0 Å². The van der Waals surface area contributed by atoms with Crippen LogP contribution in [0.15, 0.2) is 54.6 Å². The number of ether oxygens (including phenoxy) is 2. The molecular formula is C34H40F3N7O3. The highest BCUT2D eigenvalue weighted by molar-refractivity contribution is 5.69. The summed E-state index contributed by atoms with van der Waals surface area (Å²) in [7, 11) is 3.61. The van der Waals surface area contributed by atoms with Crippen LogP contribution in [0.5, 0.6) is 6.01 Å². The summed E-state index contributed by atoms with van der Waals surface area (Å²) in [6.45, 7) is 4.34. The molecule has 250 valence electrons. The molecule has 10 nitrogen and oxygen atoms in total. The Balaban J connectivity index is 0.000000650. The molecule has 13 heteroatoms. The van der Waals surface area contributed by atoms with Crippen LogP contribution in [0.25, 0.3) is 0 Å². The quantitative estimate of drug-likeness (QED) is 0.341. The van der Waals surface area contributed by atoms with Crippen molar-refractivity contribution in [2.75, 3.05) is 63.2 Å². The number of para-hydroxylation sites is 1. The Morgan fingerprint density at radius 1 is 0.979 bits per heavy atom. The van der Waals surface area contributed by atoms with Crippen LogP contribution in [0.4, 0.5) is 29.5 Å². The van der Waals surface area contributed by atoms with Crippen LogP contribution in [-0.4, -0.2) is 85.3 Å². The van der Waals surface area contributed by atoms with E-state index in [1.165, 1.54) is 45.2 Å². The van der Waals surface area contributed by atoms with Crippen LogP contribution < -0.4 is 14.5 Å². The normalized spacial score (nSPS) is 18.1. The van der Waals surface area contributed by atoms with Gasteiger partial charge in [0, 0.05) is 37.4 Å². The van der Waals surface area contributed by atoms with Gasteiger partial charge in [0.05, 0.1) is 43.4 Å². The summed E-state index contributed by atoms with van der Waals surface area (Å²) in [6, 6.07) is 16.7. The molecule has 2 fully saturated rings. The van der Waals surface area contributed by atoms with E-state index < -0.39 is 23.9 Å². The third kappa shape index (κ3) is 8.43. The number of carbonyl (C=O) groups is 1. The number of fused-ring (bicyclic) bond motifs is 1. The van der Waals surface area contributed by atoms with Gasteiger partial charge in [0.25, 0.3) is 0 Å². The molecule has 47 heavy (non-hydrogen) atoms. The van der Waals surface area contributed by atoms with Crippen molar-refractivity contribution in [1.82, 2.24) is 19.8 Å². The van der Waals surface area contributed by atoms with Crippen molar-refractivity contribution in [3.63, 3.8) is 0 Å². The van der Waals surface area contributed by atoms with E-state index in [2.05, 4.69) is 28.0 Å². The van der Waals surface area contributed by atoms with E-state index in [4.69, 9.17) is 9.47 Å². The smallest absolute Gasteiger partial charge is 0.418 e. The van der Waals surface area contributed by atoms with Gasteiger partial charge >= 0.3 is 18.3 Å². The maximum Gasteiger partial charge on any atom is 0.418 e. The van der Waals surface area contributed by atoms with Crippen molar-refractivity contribution in [1.29, 1.82) is 5.26 Å². The Labute approximate surface area is 273 Å². The molecule has 3 aliphatic heterocycles. The van der Waals surface area contributed by atoms with Crippen LogP contribution in [0.2, 0.25) is 0 Å². The van der Waals surface area contributed by atoms with Gasteiger partial charge in [0.2, 0.25) is 0 Å². The molecule has 1 aromatic heterocycles. The monoisotopic (exact) mass is 651 g/mol. The van der Waals surface area contributed by atoms with E-state index in [9.17, 15) is 23.2 Å². The van der Waals surface area contributed by atoms with E-state index in [1.807, 2.05) is 35.2 Å². The summed E-state index contributed by atoms with van der Waals surface area (Å²) < 4.78 is 52.0. The van der Waals surface area contributed by atoms with Gasteiger partial charge in [-0.25, -0.2) is 4.79 Å². The highest BCUT2D eigenvalue weighted by atomic mass is 19.4. The first-order valence-corrected chi connectivity index (χ1v) is 15.8. The zero-order chi connectivity index (χ0) is 33.4. The lowest BCUT2D eigenvalue weighted by molar-refractivity contribution is -0.137. The van der Waals surface area contributed by atoms with E-state index in [0.29, 0.717) is 44.1 Å². The summed E-state index contributed by atoms with van der Waals surface area (Å²) in [5.41, 5.74) is 1.67. The number of carbonyl (C=O) groups excluding carboxylic acids is 1. The van der Waals surface area contributed by atoms with Crippen molar-refractivity contribution in [2.45, 2.75) is 51.1 Å². The summed E-state index contributed by atoms with van der Waals surface area (Å²) in [4.78, 5) is 29.6. The van der Waals surface area contributed by atoms with Crippen LogP contribution in [0.1, 0.15) is 41.6 Å². The number of anilines is 2. The topological polar surface area (TPSA) is 98.1 Å². The minimum Gasteiger partial charge on any atom is -0.467 e. The first-order chi connectivity index (χ1) is 22.7. The Bertz CT molecular complexity index is 1540. The third-order valence-electron chi connectivity index (χ3n) is 8.63. The van der Waals surface area contributed by atoms with Crippen molar-refractivity contribution in [3.05, 3.63) is 77.0 Å². The molecule has 1 amide bonds. The number of methoxy groups -OCH3 is 1. The molecule has 0 saturated carbocycles. The molecular weight excluding hydrogens is 611 g/mol. The minimum atomic E-state index is -4.48. The Morgan fingerprint density at radius 3 is 2.36 bits per heavy atom. The lowest BCUT2D eigenvalue weighted by Gasteiger charge is -2.42. The van der Waals surface area contributed by atoms with Crippen LogP contribution in [0.3, 0.4) is 0 Å². The standard InChI is InChI=1S/C29H29F3N6O3.C5H11N/c1-40-27-34-24-18-36(25-10-6-5-9-23(25)29(30,31)32)14-12-22(24)26(35-27)37-15-16-38(21(17-37)11-13-33)28(39)41-19-20-7-3-2-4-8-20;1-6-4-2-3-5-6/h2-10,21H,11-12,14-19H2,1H3;2-5H2,1H3. The zero-order valence-corrected chi connectivity index (χ0v) is 26.7. The number of rotatable bonds is 6. The highest BCUT2D eigenvalue weighted by Gasteiger charge is 2.37. The number of alkyl halides is 3. The number of benzene rings is 2. The fraction of sp³-hybridized carbons (Fsp3) is 0.471. The highest BCUT2D eigenvalue weighted by Crippen LogP contribution is 2.39. The van der Waals surface area contributed by atoms with Crippen molar-refractivity contribution >= 4 is 17.6 Å². The lowest BCUT2D eigenvalue weighted by atomic mass is 10.0. The molecule has 2 saturated heterocycles. The van der Waals surface area contributed by atoms with E-state index in [-0.39, 0.29) is 31.3 Å². The van der Waals surface area contributed by atoms with Gasteiger partial charge in [0.1, 0.15) is 12.4 Å². The molecule has 2 aromatic carbocycles. The predicted octanol–water partition coefficient (Wildman–Crippen LogP) is 5.52. The molecule has 6 rings (SSSR count). The zero-order valence-electron chi connectivity index (χ0n) is 26.7. The van der Waals surface area contributed by atoms with Gasteiger partial charge in [-0.1, -0.05) is 42.5 Å². The molecule has 3 aromatic rings. The third-order valence-corrected chi connectivity index (χ3v) is 8.63. The average Bonchev–Trinajstić information content (AvgIpc) is 3.57. The Kier molecular flexibility index (Phi) is 11.0. The number of aromatic nitrogens is 2. The second kappa shape index (κ2) is 15.3. The molecule has 1 atom stereocenters. The van der Waals surface area contributed by atoms with E-state index in [0.717, 1.165) is 17.2 Å². The minimum absolute atomic E-state index is 0.0986. The van der Waals surface area contributed by atoms with E-state index in [1.54, 1.807) is 15.9 Å². The van der Waals surface area contributed by atoms with Crippen molar-refractivity contribution in [2.24, 2.45) is 0 Å². The van der Waals surface area contributed by atoms with Gasteiger partial charge in [-0.15, -0.1) is 0 Å². The fourth-order valence-corrected chi connectivity index (χ4v) is 6.18. The largest absolute Gasteiger partial charge is 0.467 e. The second-order valence-electron chi connectivity index (χ2n) is 11.9. The number of hydrogen-bond donors (Lipinski definition) is 0. The number of piperazine rings is 1. The van der Waals surface area contributed by atoms with Crippen LogP contribution >= 0.6 is 0 Å². The Morgan fingerprint density at radius 2 is 1.70 bits per heavy atom. The molecule has 0 spiro atoms. The number of amides is 1. The van der Waals surface area contributed by atoms with Crippen LogP contribution in [0, 0.1) is 11.3 Å². The molecule has 0 bridgehead atoms. The number of nitriles is 1. The molecule has 4 heterocycles. The summed E-state index contributed by atoms with van der Waals surface area (Å²) >= 11 is 0. The molecule has 0 N–H and O–H groups in total. The maximum absolute atomic E-state index is 13.7. The predicted molar refractivity (Wildman–Crippen MR) is 171 cm³/mol. The SMILES string of the molecule is CN1CCCC1.COc1nc2c(c(N3CCN(C(=O)OCc4ccccc4)C(CC#N)C3)n1)CCN(c1ccccc1C(F)(F)F)C2. The number of hydrogen-bond acceptors (Lipinski definition) is 9. The van der Waals surface area contributed by atoms with Crippen molar-refractivity contribution < 1.29 is 27.4 Å². The first kappa shape index (κ1) is 33.8. The fourth-order valence-electron chi connectivity index (χ4n) is 6.18. The van der Waals surface area contributed by atoms with Gasteiger partial charge < -0.3 is 29.1 Å². The van der Waals surface area contributed by atoms with Gasteiger partial charge in [-0.2, -0.15) is 28.4 Å². The van der Waals surface area contributed by atoms with Gasteiger partial charge in [-0.05, 0) is 57.1 Å². The number of likely N-dealkylation sites (tertiary alicyclic amines) is 1. The second-order valence-corrected chi connectivity index (χ2v) is 11.9. The average molecular weight is 652 g/mol. The summed E-state index contributed by atoms with van der Waals surface area (Å²) in [5, 5.41) is 9.50. The van der Waals surface area contributed by atoms with E-state index >= 15 is 0 Å². The van der Waals surface area contributed by atoms with Crippen molar-refractivity contribution in [3.8, 4) is 12.1 Å². The molecule has 0 radical (unpaired) electrons. The van der Waals surface area contributed by atoms with Crippen LogP contribution in [-0.2, 0) is 30.5 Å². The number of halogens is 3. The van der Waals surface area contributed by atoms with Gasteiger partial charge in [-0.3, -0.25) is 0 Å².